The Morgan fingerprint density at radius 1 is 1.12 bits per heavy atom. The highest BCUT2D eigenvalue weighted by Gasteiger charge is 2.33. The van der Waals surface area contributed by atoms with E-state index in [-0.39, 0.29) is 17.8 Å². The molecule has 0 radical (unpaired) electrons. The molecule has 0 saturated carbocycles. The molecule has 3 aromatic rings. The first-order valence-electron chi connectivity index (χ1n) is 7.86. The van der Waals surface area contributed by atoms with E-state index in [0.29, 0.717) is 6.42 Å². The summed E-state index contributed by atoms with van der Waals surface area (Å²) in [5, 5.41) is 4.16. The molecule has 0 bridgehead atoms. The van der Waals surface area contributed by atoms with Crippen molar-refractivity contribution in [2.24, 2.45) is 0 Å². The van der Waals surface area contributed by atoms with Gasteiger partial charge in [-0.3, -0.25) is 4.79 Å². The second kappa shape index (κ2) is 6.49. The zero-order valence-electron chi connectivity index (χ0n) is 12.9. The molecule has 122 valence electrons. The molecule has 1 aromatic carbocycles. The van der Waals surface area contributed by atoms with Crippen LogP contribution in [0.2, 0.25) is 0 Å². The Hall–Kier alpha value is -1.98. The lowest BCUT2D eigenvalue weighted by Gasteiger charge is -2.35. The summed E-state index contributed by atoms with van der Waals surface area (Å²) in [6.07, 6.45) is 1.21. The topological polar surface area (TPSA) is 20.3 Å². The fraction of sp³-hybridized carbons (Fsp3) is 0.211. The van der Waals surface area contributed by atoms with Crippen molar-refractivity contribution in [3.05, 3.63) is 79.9 Å². The summed E-state index contributed by atoms with van der Waals surface area (Å²) < 4.78 is 13.1. The Morgan fingerprint density at radius 2 is 1.96 bits per heavy atom. The Bertz CT molecular complexity index is 839. The quantitative estimate of drug-likeness (QED) is 0.667. The number of amides is 1. The third-order valence-corrected chi connectivity index (χ3v) is 6.29. The third kappa shape index (κ3) is 2.89. The van der Waals surface area contributed by atoms with Crippen molar-refractivity contribution in [2.45, 2.75) is 18.9 Å². The van der Waals surface area contributed by atoms with Gasteiger partial charge < -0.3 is 4.90 Å². The molecule has 3 heterocycles. The van der Waals surface area contributed by atoms with Crippen molar-refractivity contribution in [1.82, 2.24) is 4.90 Å². The molecular formula is C19H16FNOS2. The molecule has 0 aliphatic carbocycles. The maximum Gasteiger partial charge on any atom is 0.227 e. The largest absolute Gasteiger partial charge is 0.330 e. The van der Waals surface area contributed by atoms with E-state index in [4.69, 9.17) is 0 Å². The van der Waals surface area contributed by atoms with E-state index in [2.05, 4.69) is 22.9 Å². The van der Waals surface area contributed by atoms with Gasteiger partial charge in [0.15, 0.2) is 0 Å². The van der Waals surface area contributed by atoms with Crippen LogP contribution in [0, 0.1) is 5.82 Å². The maximum absolute atomic E-state index is 13.1. The van der Waals surface area contributed by atoms with Crippen LogP contribution in [0.3, 0.4) is 0 Å². The first kappa shape index (κ1) is 15.5. The predicted octanol–water partition coefficient (Wildman–Crippen LogP) is 4.67. The number of hydrogen-bond donors (Lipinski definition) is 0. The number of fused-ring (bicyclic) bond motifs is 1. The van der Waals surface area contributed by atoms with Crippen LogP contribution in [-0.4, -0.2) is 17.4 Å². The molecule has 0 fully saturated rings. The minimum atomic E-state index is -0.274. The van der Waals surface area contributed by atoms with Crippen LogP contribution >= 0.6 is 22.7 Å². The van der Waals surface area contributed by atoms with Crippen LogP contribution in [0.25, 0.3) is 0 Å². The number of carbonyl (C=O) groups excluding carboxylic acids is 1. The average molecular weight is 357 g/mol. The second-order valence-corrected chi connectivity index (χ2v) is 7.84. The summed E-state index contributed by atoms with van der Waals surface area (Å²) in [6.45, 7) is 0.732. The molecule has 0 N–H and O–H groups in total. The first-order chi connectivity index (χ1) is 11.7. The van der Waals surface area contributed by atoms with Crippen molar-refractivity contribution >= 4 is 28.6 Å². The summed E-state index contributed by atoms with van der Waals surface area (Å²) in [5.74, 6) is -0.180. The molecule has 4 rings (SSSR count). The molecule has 2 aromatic heterocycles. The summed E-state index contributed by atoms with van der Waals surface area (Å²) in [5.41, 5.74) is 2.10. The minimum absolute atomic E-state index is 0.00736. The SMILES string of the molecule is O=C(Cc1ccc(F)cc1)N1CCc2sccc2[C@H]1c1cccs1. The molecule has 2 nitrogen and oxygen atoms in total. The second-order valence-electron chi connectivity index (χ2n) is 5.86. The van der Waals surface area contributed by atoms with Crippen LogP contribution in [0.15, 0.2) is 53.2 Å². The highest BCUT2D eigenvalue weighted by atomic mass is 32.1. The summed E-state index contributed by atoms with van der Waals surface area (Å²) in [6, 6.07) is 12.5. The monoisotopic (exact) mass is 357 g/mol. The molecule has 1 aliphatic heterocycles. The summed E-state index contributed by atoms with van der Waals surface area (Å²) in [7, 11) is 0. The van der Waals surface area contributed by atoms with Gasteiger partial charge in [-0.15, -0.1) is 22.7 Å². The lowest BCUT2D eigenvalue weighted by atomic mass is 9.97. The van der Waals surface area contributed by atoms with E-state index in [1.54, 1.807) is 34.8 Å². The number of thiophene rings is 2. The van der Waals surface area contributed by atoms with Crippen LogP contribution in [0.4, 0.5) is 4.39 Å². The van der Waals surface area contributed by atoms with E-state index in [1.807, 2.05) is 11.0 Å². The first-order valence-corrected chi connectivity index (χ1v) is 9.62. The number of halogens is 1. The van der Waals surface area contributed by atoms with Crippen molar-refractivity contribution in [1.29, 1.82) is 0 Å². The highest BCUT2D eigenvalue weighted by molar-refractivity contribution is 7.10. The third-order valence-electron chi connectivity index (χ3n) is 4.37. The van der Waals surface area contributed by atoms with Gasteiger partial charge in [0.2, 0.25) is 5.91 Å². The van der Waals surface area contributed by atoms with Gasteiger partial charge in [0.05, 0.1) is 12.5 Å². The molecule has 1 aliphatic rings. The van der Waals surface area contributed by atoms with E-state index < -0.39 is 0 Å². The lowest BCUT2D eigenvalue weighted by molar-refractivity contribution is -0.132. The van der Waals surface area contributed by atoms with Gasteiger partial charge in [0.25, 0.3) is 0 Å². The zero-order valence-corrected chi connectivity index (χ0v) is 14.6. The Labute approximate surface area is 148 Å². The van der Waals surface area contributed by atoms with E-state index in [9.17, 15) is 9.18 Å². The van der Waals surface area contributed by atoms with Gasteiger partial charge in [-0.1, -0.05) is 18.2 Å². The molecule has 1 atom stereocenters. The number of carbonyl (C=O) groups is 1. The number of nitrogens with zero attached hydrogens (tertiary/aromatic N) is 1. The van der Waals surface area contributed by atoms with Crippen molar-refractivity contribution < 1.29 is 9.18 Å². The molecule has 5 heteroatoms. The van der Waals surface area contributed by atoms with Crippen molar-refractivity contribution in [2.75, 3.05) is 6.54 Å². The molecule has 0 unspecified atom stereocenters. The zero-order chi connectivity index (χ0) is 16.5. The number of benzene rings is 1. The lowest BCUT2D eigenvalue weighted by Crippen LogP contribution is -2.40. The fourth-order valence-corrected chi connectivity index (χ4v) is 4.98. The summed E-state index contributed by atoms with van der Waals surface area (Å²) >= 11 is 3.46. The minimum Gasteiger partial charge on any atom is -0.330 e. The van der Waals surface area contributed by atoms with Gasteiger partial charge in [-0.2, -0.15) is 0 Å². The molecule has 0 spiro atoms. The smallest absolute Gasteiger partial charge is 0.227 e. The standard InChI is InChI=1S/C19H16FNOS2/c20-14-5-3-13(4-6-14)12-18(22)21-9-7-16-15(8-11-24-16)19(21)17-2-1-10-23-17/h1-6,8,10-11,19H,7,9,12H2/t19-/m0/s1. The Morgan fingerprint density at radius 3 is 2.71 bits per heavy atom. The van der Waals surface area contributed by atoms with Gasteiger partial charge in [-0.05, 0) is 52.6 Å². The van der Waals surface area contributed by atoms with Gasteiger partial charge in [0.1, 0.15) is 5.82 Å². The number of rotatable bonds is 3. The molecule has 0 saturated heterocycles. The van der Waals surface area contributed by atoms with E-state index >= 15 is 0 Å². The van der Waals surface area contributed by atoms with Crippen LogP contribution in [0.5, 0.6) is 0 Å². The van der Waals surface area contributed by atoms with Crippen LogP contribution in [0.1, 0.15) is 26.9 Å². The molecular weight excluding hydrogens is 341 g/mol. The van der Waals surface area contributed by atoms with Gasteiger partial charge in [0, 0.05) is 16.3 Å². The van der Waals surface area contributed by atoms with Crippen LogP contribution in [-0.2, 0) is 17.6 Å². The van der Waals surface area contributed by atoms with Gasteiger partial charge >= 0.3 is 0 Å². The number of hydrogen-bond acceptors (Lipinski definition) is 3. The Balaban J connectivity index is 1.63. The van der Waals surface area contributed by atoms with Crippen LogP contribution < -0.4 is 0 Å². The fourth-order valence-electron chi connectivity index (χ4n) is 3.22. The normalized spacial score (nSPS) is 16.9. The van der Waals surface area contributed by atoms with E-state index in [1.165, 1.54) is 27.5 Å². The average Bonchev–Trinajstić information content (AvgIpc) is 3.27. The Kier molecular flexibility index (Phi) is 4.21. The highest BCUT2D eigenvalue weighted by Crippen LogP contribution is 2.39. The van der Waals surface area contributed by atoms with Gasteiger partial charge in [-0.25, -0.2) is 4.39 Å². The van der Waals surface area contributed by atoms with Crippen molar-refractivity contribution in [3.63, 3.8) is 0 Å². The maximum atomic E-state index is 13.1. The van der Waals surface area contributed by atoms with E-state index in [0.717, 1.165) is 18.5 Å². The van der Waals surface area contributed by atoms with Crippen molar-refractivity contribution in [3.8, 4) is 0 Å². The summed E-state index contributed by atoms with van der Waals surface area (Å²) in [4.78, 5) is 17.5. The predicted molar refractivity (Wildman–Crippen MR) is 96.0 cm³/mol. The molecule has 24 heavy (non-hydrogen) atoms. The molecule has 1 amide bonds.